The summed E-state index contributed by atoms with van der Waals surface area (Å²) < 4.78 is 62.6. The van der Waals surface area contributed by atoms with E-state index in [0.29, 0.717) is 16.1 Å². The summed E-state index contributed by atoms with van der Waals surface area (Å²) in [6.07, 6.45) is -2.92. The van der Waals surface area contributed by atoms with E-state index >= 15 is 0 Å². The van der Waals surface area contributed by atoms with Crippen LogP contribution in [0.4, 0.5) is 24.8 Å². The second-order valence-electron chi connectivity index (χ2n) is 5.60. The van der Waals surface area contributed by atoms with Gasteiger partial charge in [0.1, 0.15) is 0 Å². The van der Waals surface area contributed by atoms with Crippen LogP contribution in [0.1, 0.15) is 9.68 Å². The molecule has 0 fully saturated rings. The molecule has 2 heterocycles. The largest absolute Gasteiger partial charge is 0.416 e. The summed E-state index contributed by atoms with van der Waals surface area (Å²) in [7, 11) is 0. The zero-order valence-corrected chi connectivity index (χ0v) is 14.9. The van der Waals surface area contributed by atoms with E-state index < -0.39 is 18.7 Å². The Morgan fingerprint density at radius 1 is 1.22 bits per heavy atom. The van der Waals surface area contributed by atoms with Crippen molar-refractivity contribution in [2.75, 3.05) is 17.7 Å². The van der Waals surface area contributed by atoms with Gasteiger partial charge in [-0.05, 0) is 36.4 Å². The van der Waals surface area contributed by atoms with Crippen LogP contribution >= 0.6 is 24.0 Å². The molecule has 0 atom stereocenters. The van der Waals surface area contributed by atoms with Crippen molar-refractivity contribution in [2.45, 2.75) is 6.18 Å². The van der Waals surface area contributed by atoms with E-state index in [1.165, 1.54) is 6.07 Å². The molecule has 0 aliphatic heterocycles. The quantitative estimate of drug-likeness (QED) is 0.410. The lowest BCUT2D eigenvalue weighted by molar-refractivity contribution is -0.137. The molecule has 4 aromatic rings. The van der Waals surface area contributed by atoms with Gasteiger partial charge in [-0.1, -0.05) is 11.6 Å². The van der Waals surface area contributed by atoms with Gasteiger partial charge in [-0.3, -0.25) is 0 Å². The highest BCUT2D eigenvalue weighted by Crippen LogP contribution is 2.33. The summed E-state index contributed by atoms with van der Waals surface area (Å²) >= 11 is 6.04. The van der Waals surface area contributed by atoms with Gasteiger partial charge in [0, 0.05) is 33.2 Å². The SMILES string of the molecule is Cl.[2H]C([2H])([2H])Nn1c(Nc2c[nH]c3ccc(Cl)cc23)nc2cc(C(F)(F)F)ccc21. The van der Waals surface area contributed by atoms with Crippen molar-refractivity contribution in [2.24, 2.45) is 0 Å². The molecule has 5 nitrogen and oxygen atoms in total. The highest BCUT2D eigenvalue weighted by molar-refractivity contribution is 6.31. The number of hydrogen-bond donors (Lipinski definition) is 3. The third-order valence-corrected chi connectivity index (χ3v) is 4.22. The molecule has 0 saturated carbocycles. The molecule has 3 N–H and O–H groups in total. The first-order valence-electron chi connectivity index (χ1n) is 8.93. The predicted octanol–water partition coefficient (Wildman–Crippen LogP) is 5.53. The second kappa shape index (κ2) is 6.86. The Morgan fingerprint density at radius 2 is 2.04 bits per heavy atom. The summed E-state index contributed by atoms with van der Waals surface area (Å²) in [5.74, 6) is 0.0105. The van der Waals surface area contributed by atoms with Crippen molar-refractivity contribution in [3.63, 3.8) is 0 Å². The smallest absolute Gasteiger partial charge is 0.359 e. The maximum absolute atomic E-state index is 13.0. The van der Waals surface area contributed by atoms with Gasteiger partial charge in [0.25, 0.3) is 0 Å². The molecule has 0 unspecified atom stereocenters. The zero-order valence-electron chi connectivity index (χ0n) is 16.4. The maximum atomic E-state index is 13.0. The Labute approximate surface area is 167 Å². The topological polar surface area (TPSA) is 57.7 Å². The molecule has 10 heteroatoms. The van der Waals surface area contributed by atoms with Gasteiger partial charge in [-0.15, -0.1) is 12.4 Å². The van der Waals surface area contributed by atoms with Crippen LogP contribution in [-0.2, 0) is 6.18 Å². The molecule has 0 bridgehead atoms. The summed E-state index contributed by atoms with van der Waals surface area (Å²) in [4.78, 5) is 7.20. The van der Waals surface area contributed by atoms with E-state index in [-0.39, 0.29) is 29.4 Å². The Balaban J connectivity index is 0.00000256. The van der Waals surface area contributed by atoms with Crippen LogP contribution in [0, 0.1) is 0 Å². The van der Waals surface area contributed by atoms with Crippen LogP contribution in [0.3, 0.4) is 0 Å². The highest BCUT2D eigenvalue weighted by atomic mass is 35.5. The van der Waals surface area contributed by atoms with Gasteiger partial charge in [-0.25, -0.2) is 9.66 Å². The number of rotatable bonds is 3. The van der Waals surface area contributed by atoms with Crippen molar-refractivity contribution < 1.29 is 17.3 Å². The normalized spacial score (nSPS) is 13.7. The lowest BCUT2D eigenvalue weighted by Crippen LogP contribution is -2.12. The van der Waals surface area contributed by atoms with Crippen molar-refractivity contribution in [1.82, 2.24) is 14.6 Å². The minimum Gasteiger partial charge on any atom is -0.359 e. The van der Waals surface area contributed by atoms with Crippen molar-refractivity contribution in [1.29, 1.82) is 0 Å². The van der Waals surface area contributed by atoms with Crippen LogP contribution in [-0.4, -0.2) is 21.6 Å². The van der Waals surface area contributed by atoms with Gasteiger partial charge in [0.2, 0.25) is 5.95 Å². The van der Waals surface area contributed by atoms with Gasteiger partial charge < -0.3 is 15.7 Å². The van der Waals surface area contributed by atoms with E-state index in [4.69, 9.17) is 15.7 Å². The first-order chi connectivity index (χ1) is 13.5. The zero-order chi connectivity index (χ0) is 21.0. The Hall–Kier alpha value is -2.58. The van der Waals surface area contributed by atoms with E-state index in [9.17, 15) is 13.2 Å². The van der Waals surface area contributed by atoms with E-state index in [1.807, 2.05) is 0 Å². The molecule has 4 rings (SSSR count). The van der Waals surface area contributed by atoms with E-state index in [2.05, 4.69) is 20.7 Å². The number of benzene rings is 2. The molecule has 0 saturated heterocycles. The first kappa shape index (κ1) is 15.5. The molecular formula is C17H14Cl2F3N5. The molecule has 27 heavy (non-hydrogen) atoms. The van der Waals surface area contributed by atoms with Crippen LogP contribution in [0.15, 0.2) is 42.6 Å². The van der Waals surface area contributed by atoms with Crippen molar-refractivity contribution >= 4 is 57.6 Å². The molecule has 0 spiro atoms. The Morgan fingerprint density at radius 3 is 2.78 bits per heavy atom. The summed E-state index contributed by atoms with van der Waals surface area (Å²) in [6.45, 7) is -2.60. The summed E-state index contributed by atoms with van der Waals surface area (Å²) in [5.41, 5.74) is 2.85. The van der Waals surface area contributed by atoms with Gasteiger partial charge in [-0.2, -0.15) is 13.2 Å². The lowest BCUT2D eigenvalue weighted by atomic mass is 10.2. The number of halogens is 5. The lowest BCUT2D eigenvalue weighted by Gasteiger charge is -2.09. The standard InChI is InChI=1S/C17H13ClF3N5.ClH/c1-22-26-15-5-2-9(17(19,20)21)6-13(15)24-16(26)25-14-8-23-12-4-3-10(18)7-11(12)14;/h2-8,22-23H,1H3,(H,24,25);1H/i1D3;. The minimum absolute atomic E-state index is 0. The summed E-state index contributed by atoms with van der Waals surface area (Å²) in [6, 6.07) is 8.07. The monoisotopic (exact) mass is 418 g/mol. The molecule has 0 radical (unpaired) electrons. The Kier molecular flexibility index (Phi) is 3.93. The summed E-state index contributed by atoms with van der Waals surface area (Å²) in [5, 5.41) is 4.16. The van der Waals surface area contributed by atoms with Crippen molar-refractivity contribution in [3.05, 3.63) is 53.2 Å². The maximum Gasteiger partial charge on any atom is 0.416 e. The number of aromatic nitrogens is 3. The van der Waals surface area contributed by atoms with Crippen LogP contribution in [0.5, 0.6) is 0 Å². The average Bonchev–Trinajstić information content (AvgIpc) is 3.14. The number of H-pyrrole nitrogens is 1. The third-order valence-electron chi connectivity index (χ3n) is 3.98. The molecular weight excluding hydrogens is 402 g/mol. The number of alkyl halides is 3. The molecule has 0 amide bonds. The second-order valence-corrected chi connectivity index (χ2v) is 6.04. The van der Waals surface area contributed by atoms with Crippen LogP contribution < -0.4 is 10.7 Å². The number of nitrogens with zero attached hydrogens (tertiary/aromatic N) is 2. The minimum atomic E-state index is -4.55. The number of aromatic amines is 1. The van der Waals surface area contributed by atoms with Crippen molar-refractivity contribution in [3.8, 4) is 0 Å². The van der Waals surface area contributed by atoms with Gasteiger partial charge >= 0.3 is 6.18 Å². The number of imidazole rings is 1. The molecule has 2 aromatic heterocycles. The number of hydrogen-bond acceptors (Lipinski definition) is 3. The Bertz CT molecular complexity index is 1220. The van der Waals surface area contributed by atoms with Crippen LogP contribution in [0.2, 0.25) is 5.02 Å². The average molecular weight is 419 g/mol. The fraction of sp³-hybridized carbons (Fsp3) is 0.118. The first-order valence-corrected chi connectivity index (χ1v) is 7.81. The predicted molar refractivity (Wildman–Crippen MR) is 104 cm³/mol. The van der Waals surface area contributed by atoms with Crippen LogP contribution in [0.25, 0.3) is 21.9 Å². The fourth-order valence-corrected chi connectivity index (χ4v) is 2.94. The number of anilines is 2. The number of nitrogens with one attached hydrogen (secondary N) is 3. The molecule has 0 aliphatic carbocycles. The molecule has 142 valence electrons. The molecule has 0 aliphatic rings. The third kappa shape index (κ3) is 3.38. The highest BCUT2D eigenvalue weighted by Gasteiger charge is 2.31. The van der Waals surface area contributed by atoms with E-state index in [0.717, 1.165) is 22.3 Å². The van der Waals surface area contributed by atoms with E-state index in [1.54, 1.807) is 24.4 Å². The fourth-order valence-electron chi connectivity index (χ4n) is 2.77. The molecule has 2 aromatic carbocycles. The van der Waals surface area contributed by atoms with Gasteiger partial charge in [0.05, 0.1) is 22.3 Å². The van der Waals surface area contributed by atoms with Gasteiger partial charge in [0.15, 0.2) is 0 Å². The number of fused-ring (bicyclic) bond motifs is 2.